The standard InChI is InChI=1S/C34H40N6O4.C31H38N6O4.CH4/c1-22-7-8-24-25(18-22)26(29(27-20-35-21-38(27)4)37-31(41)43-33(2)9-10-33)19-23-6-5-13-36-28(23)30(24)39-14-16-40(17-15-39)32(42)44-34(3)11-12-34;1-20(2)41-31(39)37-13-11-36(12-14-37)30-23-9-8-21(3)15-24(23)25(16-22-7-6-10-33-28(22)30)29(34-27(38)18-40-5)26-17-32-19-35(26)4;/h5-8,13,18-21,29-30H,9-12,14-17H2,1-4H3,(H,37,41);6-10,15-17,19-20,29-30H,11-14,18H2,1-5H3,(H,34,38);1H4/t2*29-,30+;/m11./s1. The van der Waals surface area contributed by atoms with Crippen molar-refractivity contribution in [1.29, 1.82) is 0 Å². The topological polar surface area (TPSA) is 204 Å². The molecule has 0 radical (unpaired) electrons. The second-order valence-electron chi connectivity index (χ2n) is 24.1. The molecule has 4 fully saturated rings. The molecule has 4 aromatic heterocycles. The zero-order valence-electron chi connectivity index (χ0n) is 50.2. The van der Waals surface area contributed by atoms with Crippen LogP contribution in [0.25, 0.3) is 23.3 Å². The predicted molar refractivity (Wildman–Crippen MR) is 328 cm³/mol. The van der Waals surface area contributed by atoms with Crippen molar-refractivity contribution in [2.24, 2.45) is 14.1 Å². The van der Waals surface area contributed by atoms with Gasteiger partial charge in [-0.05, 0) is 136 Å². The lowest BCUT2D eigenvalue weighted by Crippen LogP contribution is -2.50. The summed E-state index contributed by atoms with van der Waals surface area (Å²) < 4.78 is 26.0. The number of benzene rings is 2. The average Bonchev–Trinajstić information content (AvgIpc) is 2.11. The third-order valence-electron chi connectivity index (χ3n) is 17.1. The van der Waals surface area contributed by atoms with Crippen LogP contribution in [0.3, 0.4) is 0 Å². The van der Waals surface area contributed by atoms with Crippen LogP contribution in [0, 0.1) is 13.8 Å². The number of ether oxygens (including phenoxy) is 4. The maximum Gasteiger partial charge on any atom is 0.410 e. The summed E-state index contributed by atoms with van der Waals surface area (Å²) in [5.41, 5.74) is 13.3. The molecule has 0 spiro atoms. The normalized spacial score (nSPS) is 19.7. The number of imidazole rings is 2. The van der Waals surface area contributed by atoms with Gasteiger partial charge in [-0.3, -0.25) is 24.6 Å². The molecule has 2 aliphatic heterocycles. The first kappa shape index (κ1) is 60.9. The van der Waals surface area contributed by atoms with Gasteiger partial charge in [0.15, 0.2) is 0 Å². The summed E-state index contributed by atoms with van der Waals surface area (Å²) in [6.07, 6.45) is 17.5. The Morgan fingerprint density at radius 2 is 1.08 bits per heavy atom. The monoisotopic (exact) mass is 1170 g/mol. The van der Waals surface area contributed by atoms with E-state index in [1.54, 1.807) is 29.9 Å². The number of rotatable bonds is 13. The Morgan fingerprint density at radius 3 is 1.51 bits per heavy atom. The number of carbonyl (C=O) groups is 4. The minimum Gasteiger partial charge on any atom is -0.447 e. The van der Waals surface area contributed by atoms with Crippen molar-refractivity contribution >= 4 is 47.5 Å². The van der Waals surface area contributed by atoms with Crippen molar-refractivity contribution in [2.45, 2.75) is 116 Å². The number of aryl methyl sites for hydroxylation is 4. The maximum absolute atomic E-state index is 13.3. The Morgan fingerprint density at radius 1 is 0.628 bits per heavy atom. The van der Waals surface area contributed by atoms with Crippen molar-refractivity contribution in [1.82, 2.24) is 59.3 Å². The molecule has 86 heavy (non-hydrogen) atoms. The van der Waals surface area contributed by atoms with E-state index in [0.29, 0.717) is 52.4 Å². The van der Waals surface area contributed by atoms with E-state index in [0.717, 1.165) is 104 Å². The van der Waals surface area contributed by atoms with Crippen LogP contribution in [0.2, 0.25) is 0 Å². The van der Waals surface area contributed by atoms with Crippen LogP contribution in [-0.2, 0) is 37.8 Å². The number of hydrogen-bond donors (Lipinski definition) is 2. The summed E-state index contributed by atoms with van der Waals surface area (Å²) in [7, 11) is 5.37. The van der Waals surface area contributed by atoms with Crippen LogP contribution >= 0.6 is 0 Å². The summed E-state index contributed by atoms with van der Waals surface area (Å²) in [5.74, 6) is -0.217. The van der Waals surface area contributed by atoms with Crippen molar-refractivity contribution in [3.05, 3.63) is 165 Å². The molecule has 20 heteroatoms. The fourth-order valence-electron chi connectivity index (χ4n) is 11.9. The van der Waals surface area contributed by atoms with Crippen LogP contribution in [0.15, 0.2) is 98.1 Å². The van der Waals surface area contributed by atoms with E-state index in [2.05, 4.69) is 105 Å². The number of nitrogens with one attached hydrogen (secondary N) is 2. The summed E-state index contributed by atoms with van der Waals surface area (Å²) in [5, 5.41) is 6.39. The Hall–Kier alpha value is -8.20. The highest BCUT2D eigenvalue weighted by atomic mass is 16.6. The molecule has 6 aromatic rings. The first-order valence-electron chi connectivity index (χ1n) is 29.5. The molecule has 20 nitrogen and oxygen atoms in total. The molecule has 6 aliphatic rings. The minimum atomic E-state index is -0.514. The lowest BCUT2D eigenvalue weighted by Gasteiger charge is -2.39. The molecule has 4 amide bonds. The van der Waals surface area contributed by atoms with Crippen molar-refractivity contribution in [2.75, 3.05) is 66.1 Å². The van der Waals surface area contributed by atoms with E-state index in [4.69, 9.17) is 28.9 Å². The number of carbonyl (C=O) groups excluding carboxylic acids is 4. The third-order valence-corrected chi connectivity index (χ3v) is 17.1. The number of nitrogens with zero attached hydrogens (tertiary/aromatic N) is 10. The first-order chi connectivity index (χ1) is 40.9. The first-order valence-corrected chi connectivity index (χ1v) is 29.5. The lowest BCUT2D eigenvalue weighted by molar-refractivity contribution is -0.125. The van der Waals surface area contributed by atoms with Gasteiger partial charge in [0.1, 0.15) is 17.8 Å². The molecule has 12 rings (SSSR count). The smallest absolute Gasteiger partial charge is 0.410 e. The zero-order chi connectivity index (χ0) is 59.7. The van der Waals surface area contributed by atoms with Gasteiger partial charge in [-0.15, -0.1) is 0 Å². The summed E-state index contributed by atoms with van der Waals surface area (Å²) in [6, 6.07) is 19.8. The van der Waals surface area contributed by atoms with Gasteiger partial charge < -0.3 is 48.5 Å². The fourth-order valence-corrected chi connectivity index (χ4v) is 11.9. The molecule has 0 unspecified atom stereocenters. The zero-order valence-corrected chi connectivity index (χ0v) is 50.2. The van der Waals surface area contributed by atoms with Gasteiger partial charge >= 0.3 is 18.3 Å². The molecule has 2 aromatic carbocycles. The number of fused-ring (bicyclic) bond motifs is 4. The van der Waals surface area contributed by atoms with E-state index in [1.807, 2.05) is 80.4 Å². The number of alkyl carbamates (subject to hydrolysis) is 1. The molecule has 2 saturated carbocycles. The quantitative estimate of drug-likeness (QED) is 0.103. The van der Waals surface area contributed by atoms with E-state index in [1.165, 1.54) is 7.11 Å². The van der Waals surface area contributed by atoms with Gasteiger partial charge in [-0.25, -0.2) is 24.4 Å². The van der Waals surface area contributed by atoms with Gasteiger partial charge in [-0.1, -0.05) is 67.1 Å². The van der Waals surface area contributed by atoms with Crippen LogP contribution in [0.1, 0.15) is 152 Å². The number of amides is 4. The van der Waals surface area contributed by atoms with E-state index >= 15 is 0 Å². The van der Waals surface area contributed by atoms with Crippen LogP contribution < -0.4 is 10.6 Å². The maximum atomic E-state index is 13.3. The van der Waals surface area contributed by atoms with Crippen LogP contribution in [-0.4, -0.2) is 156 Å². The van der Waals surface area contributed by atoms with Crippen molar-refractivity contribution < 1.29 is 38.1 Å². The SMILES string of the molecule is C.COCC(=O)N[C@H](C1=Cc2cccnc2[C@@H](N2CCN(C(=O)OC(C)C)CC2)c2ccc(C)cc21)c1cncn1C.Cc1ccc2c(c1)C([C@@H](NC(=O)OC1(C)CC1)c1cncn1C)=Cc1cccnc1[C@H]2N1CCN(C(=O)OC2(C)CC2)CC1. The van der Waals surface area contributed by atoms with Crippen LogP contribution in [0.4, 0.5) is 14.4 Å². The molecule has 454 valence electrons. The second kappa shape index (κ2) is 25.4. The van der Waals surface area contributed by atoms with E-state index in [9.17, 15) is 19.2 Å². The molecule has 0 bridgehead atoms. The Labute approximate surface area is 504 Å². The summed E-state index contributed by atoms with van der Waals surface area (Å²) >= 11 is 0. The molecular weight excluding hydrogens is 1090 g/mol. The van der Waals surface area contributed by atoms with Crippen molar-refractivity contribution in [3.8, 4) is 0 Å². The van der Waals surface area contributed by atoms with Gasteiger partial charge in [-0.2, -0.15) is 0 Å². The van der Waals surface area contributed by atoms with Crippen molar-refractivity contribution in [3.63, 3.8) is 0 Å². The molecular formula is C66H82N12O8. The highest BCUT2D eigenvalue weighted by Crippen LogP contribution is 2.47. The summed E-state index contributed by atoms with van der Waals surface area (Å²) in [4.78, 5) is 78.7. The van der Waals surface area contributed by atoms with Gasteiger partial charge in [0.25, 0.3) is 0 Å². The predicted octanol–water partition coefficient (Wildman–Crippen LogP) is 9.76. The fraction of sp³-hybridized carbons (Fsp3) is 0.455. The number of piperazine rings is 2. The molecule has 6 heterocycles. The van der Waals surface area contributed by atoms with Crippen LogP contribution in [0.5, 0.6) is 0 Å². The Balaban J connectivity index is 0.000000189. The highest BCUT2D eigenvalue weighted by Gasteiger charge is 2.45. The number of pyridine rings is 2. The highest BCUT2D eigenvalue weighted by molar-refractivity contribution is 5.92. The molecule has 2 N–H and O–H groups in total. The molecule has 2 saturated heterocycles. The number of hydrogen-bond acceptors (Lipinski definition) is 14. The van der Waals surface area contributed by atoms with Gasteiger partial charge in [0, 0.05) is 86.0 Å². The lowest BCUT2D eigenvalue weighted by atomic mass is 9.88. The summed E-state index contributed by atoms with van der Waals surface area (Å²) in [6.45, 7) is 16.8. The average molecular weight is 1170 g/mol. The Bertz CT molecular complexity index is 3530. The van der Waals surface area contributed by atoms with E-state index < -0.39 is 23.8 Å². The molecule has 4 aliphatic carbocycles. The Kier molecular flexibility index (Phi) is 18.0. The molecule has 4 atom stereocenters. The minimum absolute atomic E-state index is 0. The third kappa shape index (κ3) is 13.3. The van der Waals surface area contributed by atoms with Gasteiger partial charge in [0.05, 0.1) is 78.1 Å². The largest absolute Gasteiger partial charge is 0.447 e. The second-order valence-corrected chi connectivity index (χ2v) is 24.1. The number of methoxy groups -OCH3 is 1. The van der Waals surface area contributed by atoms with Gasteiger partial charge in [0.2, 0.25) is 5.91 Å². The van der Waals surface area contributed by atoms with E-state index in [-0.39, 0.29) is 55.9 Å². The number of aromatic nitrogens is 6.